The summed E-state index contributed by atoms with van der Waals surface area (Å²) in [5.74, 6) is -2.05. The molecular weight excluding hydrogens is 221 g/mol. The van der Waals surface area contributed by atoms with Crippen LogP contribution in [0.3, 0.4) is 0 Å². The average molecular weight is 236 g/mol. The summed E-state index contributed by atoms with van der Waals surface area (Å²) in [6.45, 7) is 0. The van der Waals surface area contributed by atoms with Crippen LogP contribution in [0, 0.1) is 5.92 Å². The van der Waals surface area contributed by atoms with Crippen molar-refractivity contribution in [2.45, 2.75) is 51.1 Å². The second-order valence-corrected chi connectivity index (χ2v) is 4.33. The van der Waals surface area contributed by atoms with E-state index in [2.05, 4.69) is 0 Å². The van der Waals surface area contributed by atoms with Gasteiger partial charge in [-0.2, -0.15) is 13.2 Å². The summed E-state index contributed by atoms with van der Waals surface area (Å²) < 4.78 is 35.5. The van der Waals surface area contributed by atoms with Crippen LogP contribution in [0.4, 0.5) is 13.2 Å². The second kappa shape index (κ2) is 5.46. The van der Waals surface area contributed by atoms with Gasteiger partial charge in [0.2, 0.25) is 5.78 Å². The van der Waals surface area contributed by atoms with Crippen molar-refractivity contribution in [3.8, 4) is 0 Å². The van der Waals surface area contributed by atoms with Crippen LogP contribution in [-0.2, 0) is 9.59 Å². The van der Waals surface area contributed by atoms with Crippen molar-refractivity contribution in [1.29, 1.82) is 0 Å². The zero-order valence-corrected chi connectivity index (χ0v) is 8.98. The van der Waals surface area contributed by atoms with Crippen molar-refractivity contribution in [3.05, 3.63) is 0 Å². The van der Waals surface area contributed by atoms with Crippen molar-refractivity contribution < 1.29 is 22.8 Å². The van der Waals surface area contributed by atoms with Crippen molar-refractivity contribution >= 4 is 11.6 Å². The van der Waals surface area contributed by atoms with E-state index in [9.17, 15) is 22.8 Å². The van der Waals surface area contributed by atoms with Gasteiger partial charge in [0.25, 0.3) is 0 Å². The number of carbonyl (C=O) groups is 2. The van der Waals surface area contributed by atoms with Gasteiger partial charge in [-0.05, 0) is 12.3 Å². The van der Waals surface area contributed by atoms with E-state index in [4.69, 9.17) is 0 Å². The molecule has 1 saturated carbocycles. The molecule has 0 unspecified atom stereocenters. The monoisotopic (exact) mass is 236 g/mol. The van der Waals surface area contributed by atoms with Crippen LogP contribution in [-0.4, -0.2) is 17.7 Å². The van der Waals surface area contributed by atoms with Gasteiger partial charge in [-0.15, -0.1) is 0 Å². The number of rotatable bonds is 5. The van der Waals surface area contributed by atoms with E-state index in [1.165, 1.54) is 0 Å². The highest BCUT2D eigenvalue weighted by molar-refractivity contribution is 6.01. The molecule has 16 heavy (non-hydrogen) atoms. The predicted octanol–water partition coefficient (Wildman–Crippen LogP) is 3.05. The molecule has 2 nitrogen and oxygen atoms in total. The molecule has 0 atom stereocenters. The van der Waals surface area contributed by atoms with Crippen molar-refractivity contribution in [3.63, 3.8) is 0 Å². The van der Waals surface area contributed by atoms with E-state index in [1.54, 1.807) is 0 Å². The van der Waals surface area contributed by atoms with E-state index in [-0.39, 0.29) is 6.42 Å². The Morgan fingerprint density at radius 3 is 2.19 bits per heavy atom. The van der Waals surface area contributed by atoms with Crippen molar-refractivity contribution in [2.75, 3.05) is 0 Å². The second-order valence-electron chi connectivity index (χ2n) is 4.33. The van der Waals surface area contributed by atoms with Gasteiger partial charge >= 0.3 is 6.18 Å². The van der Waals surface area contributed by atoms with Crippen LogP contribution >= 0.6 is 0 Å². The quantitative estimate of drug-likeness (QED) is 0.687. The van der Waals surface area contributed by atoms with E-state index in [0.29, 0.717) is 12.3 Å². The summed E-state index contributed by atoms with van der Waals surface area (Å²) >= 11 is 0. The molecule has 0 bridgehead atoms. The van der Waals surface area contributed by atoms with Crippen LogP contribution in [0.2, 0.25) is 0 Å². The maximum absolute atomic E-state index is 11.8. The Morgan fingerprint density at radius 2 is 1.69 bits per heavy atom. The van der Waals surface area contributed by atoms with Gasteiger partial charge in [0.05, 0.1) is 6.42 Å². The molecule has 0 aliphatic heterocycles. The minimum Gasteiger partial charge on any atom is -0.299 e. The Kier molecular flexibility index (Phi) is 4.50. The fraction of sp³-hybridized carbons (Fsp3) is 0.818. The summed E-state index contributed by atoms with van der Waals surface area (Å²) in [7, 11) is 0. The lowest BCUT2D eigenvalue weighted by molar-refractivity contribution is -0.171. The van der Waals surface area contributed by atoms with Gasteiger partial charge in [-0.25, -0.2) is 0 Å². The number of hydrogen-bond acceptors (Lipinski definition) is 2. The number of hydrogen-bond donors (Lipinski definition) is 0. The highest BCUT2D eigenvalue weighted by atomic mass is 19.4. The zero-order chi connectivity index (χ0) is 12.2. The number of alkyl halides is 3. The first-order chi connectivity index (χ1) is 7.39. The molecule has 0 aromatic heterocycles. The molecule has 0 spiro atoms. The van der Waals surface area contributed by atoms with Crippen LogP contribution in [0.25, 0.3) is 0 Å². The Bertz CT molecular complexity index is 265. The largest absolute Gasteiger partial charge is 0.450 e. The third kappa shape index (κ3) is 4.33. The molecule has 5 heteroatoms. The molecule has 0 radical (unpaired) electrons. The minimum atomic E-state index is -4.87. The molecule has 0 amide bonds. The third-order valence-electron chi connectivity index (χ3n) is 2.98. The van der Waals surface area contributed by atoms with E-state index in [0.717, 1.165) is 25.7 Å². The maximum Gasteiger partial charge on any atom is 0.450 e. The first-order valence-electron chi connectivity index (χ1n) is 5.51. The molecule has 0 saturated heterocycles. The topological polar surface area (TPSA) is 34.1 Å². The van der Waals surface area contributed by atoms with E-state index >= 15 is 0 Å². The number of carbonyl (C=O) groups excluding carboxylic acids is 2. The van der Waals surface area contributed by atoms with Gasteiger partial charge in [0, 0.05) is 6.42 Å². The lowest BCUT2D eigenvalue weighted by Crippen LogP contribution is -2.25. The van der Waals surface area contributed by atoms with Crippen LogP contribution in [0.5, 0.6) is 0 Å². The van der Waals surface area contributed by atoms with E-state index in [1.807, 2.05) is 0 Å². The number of ketones is 2. The zero-order valence-electron chi connectivity index (χ0n) is 8.98. The highest BCUT2D eigenvalue weighted by Crippen LogP contribution is 2.29. The fourth-order valence-corrected chi connectivity index (χ4v) is 2.03. The molecule has 0 N–H and O–H groups in total. The lowest BCUT2D eigenvalue weighted by Gasteiger charge is -2.08. The summed E-state index contributed by atoms with van der Waals surface area (Å²) in [5, 5.41) is 0. The Balaban J connectivity index is 2.22. The first kappa shape index (κ1) is 13.2. The average Bonchev–Trinajstić information content (AvgIpc) is 2.65. The molecular formula is C11H15F3O2. The van der Waals surface area contributed by atoms with Crippen LogP contribution < -0.4 is 0 Å². The smallest absolute Gasteiger partial charge is 0.299 e. The molecule has 92 valence electrons. The lowest BCUT2D eigenvalue weighted by atomic mass is 9.98. The van der Waals surface area contributed by atoms with Crippen molar-refractivity contribution in [2.24, 2.45) is 5.92 Å². The number of Topliss-reactive ketones (excluding diaryl/α,β-unsaturated/α-hetero) is 2. The molecule has 1 rings (SSSR count). The van der Waals surface area contributed by atoms with E-state index < -0.39 is 24.2 Å². The maximum atomic E-state index is 11.8. The molecule has 1 aliphatic rings. The summed E-state index contributed by atoms with van der Waals surface area (Å²) in [6, 6.07) is 0. The predicted molar refractivity (Wildman–Crippen MR) is 51.9 cm³/mol. The number of halogens is 3. The normalized spacial score (nSPS) is 17.7. The Labute approximate surface area is 92.2 Å². The van der Waals surface area contributed by atoms with Gasteiger partial charge in [-0.1, -0.05) is 25.7 Å². The van der Waals surface area contributed by atoms with Gasteiger partial charge in [0.1, 0.15) is 5.78 Å². The SMILES string of the molecule is O=C(CCC1CCCC1)CC(=O)C(F)(F)F. The fourth-order valence-electron chi connectivity index (χ4n) is 2.03. The van der Waals surface area contributed by atoms with Crippen LogP contribution in [0.1, 0.15) is 44.9 Å². The summed E-state index contributed by atoms with van der Waals surface area (Å²) in [6.07, 6.45) is -0.739. The van der Waals surface area contributed by atoms with Gasteiger partial charge < -0.3 is 0 Å². The molecule has 0 aromatic carbocycles. The summed E-state index contributed by atoms with van der Waals surface area (Å²) in [4.78, 5) is 21.7. The summed E-state index contributed by atoms with van der Waals surface area (Å²) in [5.41, 5.74) is 0. The van der Waals surface area contributed by atoms with Crippen molar-refractivity contribution in [1.82, 2.24) is 0 Å². The molecule has 1 fully saturated rings. The molecule has 0 aromatic rings. The standard InChI is InChI=1S/C11H15F3O2/c12-11(13,14)10(16)7-9(15)6-5-8-3-1-2-4-8/h8H,1-7H2. The van der Waals surface area contributed by atoms with Gasteiger partial charge in [0.15, 0.2) is 0 Å². The minimum absolute atomic E-state index is 0.104. The Hall–Kier alpha value is -0.870. The molecule has 1 aliphatic carbocycles. The first-order valence-corrected chi connectivity index (χ1v) is 5.51. The molecule has 0 heterocycles. The van der Waals surface area contributed by atoms with Crippen LogP contribution in [0.15, 0.2) is 0 Å². The third-order valence-corrected chi connectivity index (χ3v) is 2.98. The highest BCUT2D eigenvalue weighted by Gasteiger charge is 2.38. The van der Waals surface area contributed by atoms with Gasteiger partial charge in [-0.3, -0.25) is 9.59 Å². The Morgan fingerprint density at radius 1 is 1.12 bits per heavy atom.